The lowest BCUT2D eigenvalue weighted by molar-refractivity contribution is -0.384. The molecule has 212 valence electrons. The molecule has 2 amide bonds. The van der Waals surface area contributed by atoms with Crippen molar-refractivity contribution in [3.8, 4) is 0 Å². The molecular weight excluding hydrogens is 581 g/mol. The molecule has 0 spiro atoms. The number of carbonyl (C=O) groups excluding carboxylic acids is 2. The normalized spacial score (nSPS) is 11.4. The van der Waals surface area contributed by atoms with E-state index < -0.39 is 24.0 Å². The van der Waals surface area contributed by atoms with E-state index in [4.69, 9.17) is 11.6 Å². The summed E-state index contributed by atoms with van der Waals surface area (Å²) in [6, 6.07) is 42.0. The highest BCUT2D eigenvalue weighted by Crippen LogP contribution is 2.57. The summed E-state index contributed by atoms with van der Waals surface area (Å²) >= 11 is 6.33. The van der Waals surface area contributed by atoms with Gasteiger partial charge in [-0.3, -0.25) is 19.7 Å². The molecule has 0 aliphatic carbocycles. The Hall–Kier alpha value is -5.10. The smallest absolute Gasteiger partial charge is 0.275 e. The molecule has 5 aromatic rings. The van der Waals surface area contributed by atoms with Crippen molar-refractivity contribution in [3.05, 3.63) is 172 Å². The number of amides is 2. The predicted octanol–water partition coefficient (Wildman–Crippen LogP) is 6.45. The summed E-state index contributed by atoms with van der Waals surface area (Å²) in [5.74, 6) is 0.749. The van der Waals surface area contributed by atoms with Gasteiger partial charge in [0.1, 0.15) is 34.7 Å². The molecule has 0 saturated carbocycles. The van der Waals surface area contributed by atoms with Crippen LogP contribution in [0.2, 0.25) is 5.02 Å². The summed E-state index contributed by atoms with van der Waals surface area (Å²) in [6.45, 7) is 0. The third-order valence-electron chi connectivity index (χ3n) is 6.75. The maximum Gasteiger partial charge on any atom is 0.275 e. The van der Waals surface area contributed by atoms with Gasteiger partial charge in [-0.15, -0.1) is 0 Å². The number of hydrogen-bond donors (Lipinski definition) is 2. The maximum absolute atomic E-state index is 14.1. The lowest BCUT2D eigenvalue weighted by Crippen LogP contribution is -2.35. The van der Waals surface area contributed by atoms with Crippen LogP contribution in [0.3, 0.4) is 0 Å². The number of hydrogen-bond acceptors (Lipinski definition) is 4. The van der Waals surface area contributed by atoms with Crippen molar-refractivity contribution in [2.45, 2.75) is 0 Å². The number of nitro benzene ring substituents is 1. The Morgan fingerprint density at radius 1 is 0.698 bits per heavy atom. The van der Waals surface area contributed by atoms with Gasteiger partial charge in [0.15, 0.2) is 0 Å². The highest BCUT2D eigenvalue weighted by Gasteiger charge is 2.45. The van der Waals surface area contributed by atoms with Crippen LogP contribution in [0.1, 0.15) is 10.4 Å². The lowest BCUT2D eigenvalue weighted by Gasteiger charge is -2.25. The van der Waals surface area contributed by atoms with E-state index in [0.29, 0.717) is 5.56 Å². The predicted molar refractivity (Wildman–Crippen MR) is 174 cm³/mol. The van der Waals surface area contributed by atoms with Gasteiger partial charge in [0, 0.05) is 17.7 Å². The molecule has 0 aliphatic heterocycles. The second kappa shape index (κ2) is 13.3. The summed E-state index contributed by atoms with van der Waals surface area (Å²) in [5, 5.41) is 19.7. The van der Waals surface area contributed by atoms with Crippen molar-refractivity contribution in [2.24, 2.45) is 0 Å². The number of non-ortho nitro benzene ring substituents is 1. The number of halogens is 1. The Kier molecular flexibility index (Phi) is 9.06. The first-order chi connectivity index (χ1) is 20.9. The standard InChI is InChI=1S/C34H25ClN3O4P/c35-30-23-26(38(41)42)21-22-31(30)36-34(40)32(37-33(39)25-13-5-1-6-14-25)24-43(27-15-7-2-8-16-27,28-17-9-3-10-18-28)29-19-11-4-12-20-29/h1-24H,(H-,36,37,39,40)/p+1/b32-24-. The first kappa shape index (κ1) is 29.4. The van der Waals surface area contributed by atoms with E-state index in [1.807, 2.05) is 96.8 Å². The second-order valence-electron chi connectivity index (χ2n) is 9.47. The molecule has 5 aromatic carbocycles. The SMILES string of the molecule is O=C(Nc1ccc([N+](=O)[O-])cc1Cl)/C(=C/[P+](c1ccccc1)(c1ccccc1)c1ccccc1)NC(=O)c1ccccc1. The molecule has 43 heavy (non-hydrogen) atoms. The third kappa shape index (κ3) is 6.54. The number of nitrogens with zero attached hydrogens (tertiary/aromatic N) is 1. The minimum absolute atomic E-state index is 0.00756. The zero-order valence-electron chi connectivity index (χ0n) is 22.8. The summed E-state index contributed by atoms with van der Waals surface area (Å²) in [4.78, 5) is 38.2. The van der Waals surface area contributed by atoms with Crippen LogP contribution in [-0.4, -0.2) is 16.7 Å². The molecule has 0 bridgehead atoms. The first-order valence-electron chi connectivity index (χ1n) is 13.3. The van der Waals surface area contributed by atoms with E-state index in [1.54, 1.807) is 30.3 Å². The molecule has 0 unspecified atom stereocenters. The molecule has 7 nitrogen and oxygen atoms in total. The van der Waals surface area contributed by atoms with Gasteiger partial charge in [0.25, 0.3) is 17.5 Å². The Morgan fingerprint density at radius 3 is 1.60 bits per heavy atom. The monoisotopic (exact) mass is 606 g/mol. The summed E-state index contributed by atoms with van der Waals surface area (Å²) < 4.78 is 0. The van der Waals surface area contributed by atoms with Crippen LogP contribution in [0.4, 0.5) is 11.4 Å². The first-order valence-corrected chi connectivity index (χ1v) is 15.5. The average molecular weight is 607 g/mol. The second-order valence-corrected chi connectivity index (χ2v) is 13.1. The molecule has 2 N–H and O–H groups in total. The summed E-state index contributed by atoms with van der Waals surface area (Å²) in [6.07, 6.45) is 0. The fourth-order valence-electron chi connectivity index (χ4n) is 4.69. The average Bonchev–Trinajstić information content (AvgIpc) is 3.05. The number of rotatable bonds is 9. The van der Waals surface area contributed by atoms with Gasteiger partial charge >= 0.3 is 0 Å². The Bertz CT molecular complexity index is 1690. The topological polar surface area (TPSA) is 101 Å². The van der Waals surface area contributed by atoms with Crippen molar-refractivity contribution in [2.75, 3.05) is 5.32 Å². The van der Waals surface area contributed by atoms with Gasteiger partial charge in [-0.05, 0) is 54.6 Å². The largest absolute Gasteiger partial charge is 0.319 e. The number of nitro groups is 1. The van der Waals surface area contributed by atoms with E-state index in [0.717, 1.165) is 22.0 Å². The van der Waals surface area contributed by atoms with Crippen LogP contribution in [-0.2, 0) is 4.79 Å². The van der Waals surface area contributed by atoms with Gasteiger partial charge in [-0.2, -0.15) is 0 Å². The fourth-order valence-corrected chi connectivity index (χ4v) is 8.75. The van der Waals surface area contributed by atoms with Crippen molar-refractivity contribution in [1.29, 1.82) is 0 Å². The zero-order valence-corrected chi connectivity index (χ0v) is 24.4. The molecule has 9 heteroatoms. The highest BCUT2D eigenvalue weighted by atomic mass is 35.5. The van der Waals surface area contributed by atoms with Crippen molar-refractivity contribution in [1.82, 2.24) is 5.32 Å². The Morgan fingerprint density at radius 2 is 1.16 bits per heavy atom. The quantitative estimate of drug-likeness (QED) is 0.0871. The van der Waals surface area contributed by atoms with Crippen LogP contribution >= 0.6 is 18.9 Å². The molecule has 0 radical (unpaired) electrons. The lowest BCUT2D eigenvalue weighted by atomic mass is 10.2. The molecule has 0 aliphatic rings. The van der Waals surface area contributed by atoms with Gasteiger partial charge in [-0.1, -0.05) is 84.4 Å². The third-order valence-corrected chi connectivity index (χ3v) is 11.0. The van der Waals surface area contributed by atoms with Crippen LogP contribution in [0.5, 0.6) is 0 Å². The van der Waals surface area contributed by atoms with Crippen LogP contribution < -0.4 is 26.5 Å². The number of anilines is 1. The van der Waals surface area contributed by atoms with E-state index in [9.17, 15) is 19.7 Å². The van der Waals surface area contributed by atoms with Crippen molar-refractivity contribution in [3.63, 3.8) is 0 Å². The van der Waals surface area contributed by atoms with Gasteiger partial charge in [0.05, 0.1) is 15.6 Å². The summed E-state index contributed by atoms with van der Waals surface area (Å²) in [7, 11) is -2.71. The van der Waals surface area contributed by atoms with Crippen LogP contribution in [0.15, 0.2) is 151 Å². The van der Waals surface area contributed by atoms with Gasteiger partial charge in [-0.25, -0.2) is 0 Å². The maximum atomic E-state index is 14.1. The number of benzene rings is 5. The Labute approximate surface area is 254 Å². The van der Waals surface area contributed by atoms with E-state index in [1.165, 1.54) is 12.1 Å². The Balaban J connectivity index is 1.72. The molecule has 0 aromatic heterocycles. The van der Waals surface area contributed by atoms with Crippen LogP contribution in [0, 0.1) is 10.1 Å². The molecular formula is C34H26ClN3O4P+. The fraction of sp³-hybridized carbons (Fsp3) is 0. The molecule has 5 rings (SSSR count). The molecule has 0 atom stereocenters. The molecule has 0 heterocycles. The minimum Gasteiger partial charge on any atom is -0.319 e. The van der Waals surface area contributed by atoms with E-state index in [-0.39, 0.29) is 22.1 Å². The molecule has 0 fully saturated rings. The number of nitrogens with one attached hydrogen (secondary N) is 2. The number of carbonyl (C=O) groups is 2. The highest BCUT2D eigenvalue weighted by molar-refractivity contribution is 7.98. The van der Waals surface area contributed by atoms with Gasteiger partial charge < -0.3 is 10.6 Å². The minimum atomic E-state index is -2.71. The zero-order chi connectivity index (χ0) is 30.2. The van der Waals surface area contributed by atoms with Crippen molar-refractivity contribution >= 4 is 58.0 Å². The van der Waals surface area contributed by atoms with Crippen LogP contribution in [0.25, 0.3) is 0 Å². The molecule has 0 saturated heterocycles. The van der Waals surface area contributed by atoms with Crippen molar-refractivity contribution < 1.29 is 14.5 Å². The van der Waals surface area contributed by atoms with E-state index >= 15 is 0 Å². The van der Waals surface area contributed by atoms with Gasteiger partial charge in [0.2, 0.25) is 0 Å². The summed E-state index contributed by atoms with van der Waals surface area (Å²) in [5.41, 5.74) is 0.337. The van der Waals surface area contributed by atoms with E-state index in [2.05, 4.69) is 10.6 Å².